The number of aromatic nitrogens is 2. The summed E-state index contributed by atoms with van der Waals surface area (Å²) < 4.78 is 40.8. The zero-order valence-electron chi connectivity index (χ0n) is 12.2. The summed E-state index contributed by atoms with van der Waals surface area (Å²) in [6, 6.07) is 4.56. The lowest BCUT2D eigenvalue weighted by Crippen LogP contribution is -2.23. The van der Waals surface area contributed by atoms with Crippen LogP contribution in [-0.2, 0) is 6.54 Å². The molecule has 5 nitrogen and oxygen atoms in total. The number of aryl methyl sites for hydroxylation is 1. The van der Waals surface area contributed by atoms with Gasteiger partial charge in [0.25, 0.3) is 5.91 Å². The van der Waals surface area contributed by atoms with Gasteiger partial charge in [-0.2, -0.15) is 13.2 Å². The van der Waals surface area contributed by atoms with Crippen LogP contribution >= 0.6 is 0 Å². The second-order valence-corrected chi connectivity index (χ2v) is 4.77. The summed E-state index contributed by atoms with van der Waals surface area (Å²) in [6.45, 7) is 0.521. The van der Waals surface area contributed by atoms with Gasteiger partial charge in [0.05, 0.1) is 0 Å². The van der Waals surface area contributed by atoms with E-state index in [9.17, 15) is 18.0 Å². The summed E-state index contributed by atoms with van der Waals surface area (Å²) in [5.41, 5.74) is 1.83. The molecule has 23 heavy (non-hydrogen) atoms. The molecular formula is C15H14F3N3O2. The molecule has 0 aliphatic rings. The maximum Gasteiger partial charge on any atom is 0.422 e. The molecule has 0 atom stereocenters. The molecular weight excluding hydrogens is 311 g/mol. The average molecular weight is 325 g/mol. The molecule has 1 N–H and O–H groups in total. The van der Waals surface area contributed by atoms with Crippen LogP contribution in [0.5, 0.6) is 5.88 Å². The number of nitrogens with one attached hydrogen (secondary N) is 1. The number of ether oxygens (including phenoxy) is 1. The quantitative estimate of drug-likeness (QED) is 0.918. The third-order valence-corrected chi connectivity index (χ3v) is 2.96. The molecule has 0 bridgehead atoms. The summed E-state index contributed by atoms with van der Waals surface area (Å²) in [5, 5.41) is 2.70. The molecule has 122 valence electrons. The molecule has 0 saturated heterocycles. The van der Waals surface area contributed by atoms with Gasteiger partial charge in [-0.15, -0.1) is 0 Å². The van der Waals surface area contributed by atoms with E-state index in [0.717, 1.165) is 0 Å². The van der Waals surface area contributed by atoms with Crippen molar-refractivity contribution in [1.29, 1.82) is 0 Å². The van der Waals surface area contributed by atoms with Gasteiger partial charge in [0.15, 0.2) is 6.61 Å². The van der Waals surface area contributed by atoms with Crippen molar-refractivity contribution in [3.05, 3.63) is 53.5 Å². The molecule has 0 spiro atoms. The van der Waals surface area contributed by atoms with Gasteiger partial charge in [-0.25, -0.2) is 4.98 Å². The lowest BCUT2D eigenvalue weighted by Gasteiger charge is -2.11. The number of alkyl halides is 3. The summed E-state index contributed by atoms with van der Waals surface area (Å²) in [6.07, 6.45) is -0.0103. The molecule has 0 radical (unpaired) electrons. The van der Waals surface area contributed by atoms with E-state index in [4.69, 9.17) is 0 Å². The van der Waals surface area contributed by atoms with Gasteiger partial charge in [0.1, 0.15) is 0 Å². The van der Waals surface area contributed by atoms with Gasteiger partial charge in [-0.05, 0) is 30.2 Å². The maximum atomic E-state index is 12.1. The van der Waals surface area contributed by atoms with E-state index in [1.54, 1.807) is 19.1 Å². The SMILES string of the molecule is Cc1cc(OCC(F)(F)F)ncc1CNC(=O)c1ccncc1. The monoisotopic (exact) mass is 325 g/mol. The van der Waals surface area contributed by atoms with Crippen LogP contribution in [0.15, 0.2) is 36.8 Å². The zero-order chi connectivity index (χ0) is 16.9. The molecule has 0 unspecified atom stereocenters. The third-order valence-electron chi connectivity index (χ3n) is 2.96. The Morgan fingerprint density at radius 1 is 1.30 bits per heavy atom. The summed E-state index contributed by atoms with van der Waals surface area (Å²) >= 11 is 0. The first-order valence-corrected chi connectivity index (χ1v) is 6.68. The number of nitrogens with zero attached hydrogens (tertiary/aromatic N) is 2. The molecule has 0 fully saturated rings. The van der Waals surface area contributed by atoms with Crippen molar-refractivity contribution in [3.8, 4) is 5.88 Å². The fraction of sp³-hybridized carbons (Fsp3) is 0.267. The summed E-state index contributed by atoms with van der Waals surface area (Å²) in [5.74, 6) is -0.381. The summed E-state index contributed by atoms with van der Waals surface area (Å²) in [7, 11) is 0. The first-order valence-electron chi connectivity index (χ1n) is 6.68. The molecule has 2 aromatic heterocycles. The minimum absolute atomic E-state index is 0.107. The first kappa shape index (κ1) is 16.7. The van der Waals surface area contributed by atoms with Gasteiger partial charge >= 0.3 is 6.18 Å². The molecule has 8 heteroatoms. The molecule has 2 aromatic rings. The second-order valence-electron chi connectivity index (χ2n) is 4.77. The van der Waals surface area contributed by atoms with Crippen molar-refractivity contribution in [1.82, 2.24) is 15.3 Å². The molecule has 0 aliphatic carbocycles. The number of pyridine rings is 2. The van der Waals surface area contributed by atoms with Crippen molar-refractivity contribution in [2.75, 3.05) is 6.61 Å². The van der Waals surface area contributed by atoms with E-state index < -0.39 is 12.8 Å². The van der Waals surface area contributed by atoms with Crippen molar-refractivity contribution >= 4 is 5.91 Å². The van der Waals surface area contributed by atoms with E-state index in [2.05, 4.69) is 20.0 Å². The highest BCUT2D eigenvalue weighted by Gasteiger charge is 2.28. The van der Waals surface area contributed by atoms with Gasteiger partial charge in [-0.1, -0.05) is 0 Å². The van der Waals surface area contributed by atoms with E-state index in [1.165, 1.54) is 24.7 Å². The first-order chi connectivity index (χ1) is 10.8. The molecule has 2 heterocycles. The molecule has 0 aromatic carbocycles. The average Bonchev–Trinajstić information content (AvgIpc) is 2.52. The van der Waals surface area contributed by atoms with Crippen LogP contribution in [0.1, 0.15) is 21.5 Å². The highest BCUT2D eigenvalue weighted by molar-refractivity contribution is 5.93. The van der Waals surface area contributed by atoms with Crippen molar-refractivity contribution in [2.45, 2.75) is 19.6 Å². The minimum Gasteiger partial charge on any atom is -0.468 e. The highest BCUT2D eigenvalue weighted by Crippen LogP contribution is 2.19. The normalized spacial score (nSPS) is 11.1. The van der Waals surface area contributed by atoms with Crippen LogP contribution < -0.4 is 10.1 Å². The number of amides is 1. The molecule has 2 rings (SSSR count). The van der Waals surface area contributed by atoms with Crippen molar-refractivity contribution in [3.63, 3.8) is 0 Å². The van der Waals surface area contributed by atoms with Gasteiger partial charge < -0.3 is 10.1 Å². The maximum absolute atomic E-state index is 12.1. The number of carbonyl (C=O) groups is 1. The van der Waals surface area contributed by atoms with E-state index >= 15 is 0 Å². The highest BCUT2D eigenvalue weighted by atomic mass is 19.4. The fourth-order valence-electron chi connectivity index (χ4n) is 1.76. The number of rotatable bonds is 5. The lowest BCUT2D eigenvalue weighted by atomic mass is 10.1. The van der Waals surface area contributed by atoms with Crippen molar-refractivity contribution in [2.24, 2.45) is 0 Å². The number of hydrogen-bond donors (Lipinski definition) is 1. The smallest absolute Gasteiger partial charge is 0.422 e. The van der Waals surface area contributed by atoms with Crippen LogP contribution in [0.25, 0.3) is 0 Å². The van der Waals surface area contributed by atoms with Crippen LogP contribution in [0.2, 0.25) is 0 Å². The third kappa shape index (κ3) is 5.24. The Morgan fingerprint density at radius 2 is 2.00 bits per heavy atom. The van der Waals surface area contributed by atoms with E-state index in [-0.39, 0.29) is 18.3 Å². The predicted molar refractivity (Wildman–Crippen MR) is 75.9 cm³/mol. The molecule has 0 saturated carbocycles. The Hall–Kier alpha value is -2.64. The van der Waals surface area contributed by atoms with Crippen LogP contribution in [0.3, 0.4) is 0 Å². The number of hydrogen-bond acceptors (Lipinski definition) is 4. The molecule has 1 amide bonds. The zero-order valence-corrected chi connectivity index (χ0v) is 12.2. The minimum atomic E-state index is -4.41. The Morgan fingerprint density at radius 3 is 2.61 bits per heavy atom. The summed E-state index contributed by atoms with van der Waals surface area (Å²) in [4.78, 5) is 19.5. The van der Waals surface area contributed by atoms with E-state index in [1.807, 2.05) is 0 Å². The predicted octanol–water partition coefficient (Wildman–Crippen LogP) is 2.66. The van der Waals surface area contributed by atoms with E-state index in [0.29, 0.717) is 16.7 Å². The van der Waals surface area contributed by atoms with Crippen molar-refractivity contribution < 1.29 is 22.7 Å². The lowest BCUT2D eigenvalue weighted by molar-refractivity contribution is -0.154. The Kier molecular flexibility index (Phi) is 5.15. The Balaban J connectivity index is 1.95. The Labute approximate surface area is 130 Å². The van der Waals surface area contributed by atoms with Crippen LogP contribution in [0, 0.1) is 6.92 Å². The molecule has 0 aliphatic heterocycles. The largest absolute Gasteiger partial charge is 0.468 e. The second kappa shape index (κ2) is 7.08. The fourth-order valence-corrected chi connectivity index (χ4v) is 1.76. The van der Waals surface area contributed by atoms with Gasteiger partial charge in [0.2, 0.25) is 5.88 Å². The van der Waals surface area contributed by atoms with Crippen LogP contribution in [0.4, 0.5) is 13.2 Å². The van der Waals surface area contributed by atoms with Gasteiger partial charge in [-0.3, -0.25) is 9.78 Å². The van der Waals surface area contributed by atoms with Gasteiger partial charge in [0, 0.05) is 36.8 Å². The van der Waals surface area contributed by atoms with Crippen LogP contribution in [-0.4, -0.2) is 28.7 Å². The number of halogens is 3. The topological polar surface area (TPSA) is 64.1 Å². The Bertz CT molecular complexity index is 675. The standard InChI is InChI=1S/C15H14F3N3O2/c1-10-6-13(23-9-15(16,17)18)20-7-12(10)8-21-14(22)11-2-4-19-5-3-11/h2-7H,8-9H2,1H3,(H,21,22). The number of carbonyl (C=O) groups excluding carboxylic acids is 1.